The summed E-state index contributed by atoms with van der Waals surface area (Å²) in [5.41, 5.74) is 2.41. The van der Waals surface area contributed by atoms with Crippen molar-refractivity contribution in [1.29, 1.82) is 0 Å². The summed E-state index contributed by atoms with van der Waals surface area (Å²) in [6.45, 7) is 6.43. The van der Waals surface area contributed by atoms with Crippen molar-refractivity contribution in [1.82, 2.24) is 25.3 Å². The third kappa shape index (κ3) is 4.16. The van der Waals surface area contributed by atoms with Gasteiger partial charge in [0.05, 0.1) is 5.92 Å². The van der Waals surface area contributed by atoms with Crippen LogP contribution in [0, 0.1) is 11.8 Å². The van der Waals surface area contributed by atoms with Crippen LogP contribution in [-0.4, -0.2) is 51.5 Å². The van der Waals surface area contributed by atoms with Gasteiger partial charge in [-0.25, -0.2) is 0 Å². The highest BCUT2D eigenvalue weighted by molar-refractivity contribution is 5.95. The fourth-order valence-corrected chi connectivity index (χ4v) is 4.72. The average Bonchev–Trinajstić information content (AvgIpc) is 3.41. The first kappa shape index (κ1) is 19.9. The number of nitrogens with zero attached hydrogens (tertiary/aromatic N) is 3. The van der Waals surface area contributed by atoms with Crippen molar-refractivity contribution < 1.29 is 14.4 Å². The van der Waals surface area contributed by atoms with Crippen molar-refractivity contribution in [3.05, 3.63) is 17.0 Å². The van der Waals surface area contributed by atoms with Gasteiger partial charge in [0.15, 0.2) is 5.69 Å². The molecule has 2 aliphatic heterocycles. The lowest BCUT2D eigenvalue weighted by Crippen LogP contribution is -2.41. The van der Waals surface area contributed by atoms with Gasteiger partial charge in [0.25, 0.3) is 5.91 Å². The third-order valence-electron chi connectivity index (χ3n) is 6.22. The lowest BCUT2D eigenvalue weighted by atomic mass is 10.0. The predicted molar refractivity (Wildman–Crippen MR) is 107 cm³/mol. The number of carbonyl (C=O) groups is 3. The Labute approximate surface area is 171 Å². The summed E-state index contributed by atoms with van der Waals surface area (Å²) >= 11 is 0. The Balaban J connectivity index is 1.56. The topological polar surface area (TPSA) is 96.3 Å². The van der Waals surface area contributed by atoms with E-state index in [-0.39, 0.29) is 36.1 Å². The zero-order valence-corrected chi connectivity index (χ0v) is 17.4. The molecule has 158 valence electrons. The third-order valence-corrected chi connectivity index (χ3v) is 6.22. The van der Waals surface area contributed by atoms with Crippen molar-refractivity contribution in [2.24, 2.45) is 11.8 Å². The second-order valence-corrected chi connectivity index (χ2v) is 9.02. The Morgan fingerprint density at radius 2 is 2.03 bits per heavy atom. The summed E-state index contributed by atoms with van der Waals surface area (Å²) < 4.78 is 1.96. The van der Waals surface area contributed by atoms with Crippen LogP contribution in [0.3, 0.4) is 0 Å². The van der Waals surface area contributed by atoms with E-state index < -0.39 is 0 Å². The molecule has 1 atom stereocenters. The summed E-state index contributed by atoms with van der Waals surface area (Å²) in [4.78, 5) is 39.2. The van der Waals surface area contributed by atoms with Gasteiger partial charge in [-0.1, -0.05) is 26.7 Å². The van der Waals surface area contributed by atoms with Gasteiger partial charge in [0.1, 0.15) is 0 Å². The van der Waals surface area contributed by atoms with Gasteiger partial charge in [-0.2, -0.15) is 5.10 Å². The van der Waals surface area contributed by atoms with Gasteiger partial charge in [-0.05, 0) is 18.8 Å². The van der Waals surface area contributed by atoms with Gasteiger partial charge < -0.3 is 15.5 Å². The first-order valence-corrected chi connectivity index (χ1v) is 10.9. The molecule has 0 aromatic carbocycles. The number of rotatable bonds is 5. The molecule has 1 unspecified atom stereocenters. The number of hydrogen-bond donors (Lipinski definition) is 2. The molecule has 3 aliphatic rings. The Morgan fingerprint density at radius 1 is 1.28 bits per heavy atom. The first-order chi connectivity index (χ1) is 13.9. The SMILES string of the molecule is CC(C)Cn1nc(C(=O)NC2CCCC2)c2c1CCN(C(=O)C1CNC(=O)C1)C2. The normalized spacial score (nSPS) is 22.1. The number of nitrogens with one attached hydrogen (secondary N) is 2. The van der Waals surface area contributed by atoms with E-state index in [0.29, 0.717) is 37.7 Å². The lowest BCUT2D eigenvalue weighted by molar-refractivity contribution is -0.136. The molecule has 1 saturated heterocycles. The zero-order chi connectivity index (χ0) is 20.5. The fraction of sp³-hybridized carbons (Fsp3) is 0.714. The molecule has 1 saturated carbocycles. The lowest BCUT2D eigenvalue weighted by Gasteiger charge is -2.30. The Kier molecular flexibility index (Phi) is 5.61. The van der Waals surface area contributed by atoms with Crippen LogP contribution in [0.15, 0.2) is 0 Å². The van der Waals surface area contributed by atoms with Crippen LogP contribution in [-0.2, 0) is 29.1 Å². The summed E-state index contributed by atoms with van der Waals surface area (Å²) in [6, 6.07) is 0.227. The fourth-order valence-electron chi connectivity index (χ4n) is 4.72. The largest absolute Gasteiger partial charge is 0.355 e. The van der Waals surface area contributed by atoms with E-state index in [0.717, 1.165) is 43.5 Å². The zero-order valence-electron chi connectivity index (χ0n) is 17.4. The van der Waals surface area contributed by atoms with E-state index >= 15 is 0 Å². The quantitative estimate of drug-likeness (QED) is 0.776. The van der Waals surface area contributed by atoms with Crippen molar-refractivity contribution in [3.63, 3.8) is 0 Å². The number of carbonyl (C=O) groups excluding carboxylic acids is 3. The van der Waals surface area contributed by atoms with Crippen LogP contribution >= 0.6 is 0 Å². The predicted octanol–water partition coefficient (Wildman–Crippen LogP) is 1.23. The molecule has 2 fully saturated rings. The number of aromatic nitrogens is 2. The van der Waals surface area contributed by atoms with Crippen LogP contribution in [0.5, 0.6) is 0 Å². The molecule has 3 amide bonds. The maximum Gasteiger partial charge on any atom is 0.272 e. The molecule has 1 aromatic rings. The minimum Gasteiger partial charge on any atom is -0.355 e. The molecule has 0 spiro atoms. The molecular formula is C21H31N5O3. The van der Waals surface area contributed by atoms with Crippen molar-refractivity contribution >= 4 is 17.7 Å². The van der Waals surface area contributed by atoms with Gasteiger partial charge in [0, 0.05) is 56.3 Å². The first-order valence-electron chi connectivity index (χ1n) is 10.9. The Bertz CT molecular complexity index is 809. The smallest absolute Gasteiger partial charge is 0.272 e. The standard InChI is InChI=1S/C21H31N5O3/c1-13(2)11-26-17-7-8-25(21(29)14-9-18(27)22-10-14)12-16(17)19(24-26)20(28)23-15-5-3-4-6-15/h13-15H,3-12H2,1-2H3,(H,22,27)(H,23,28). The Morgan fingerprint density at radius 3 is 2.69 bits per heavy atom. The van der Waals surface area contributed by atoms with Crippen LogP contribution in [0.4, 0.5) is 0 Å². The molecule has 2 N–H and O–H groups in total. The van der Waals surface area contributed by atoms with Crippen molar-refractivity contribution in [2.45, 2.75) is 71.5 Å². The molecule has 1 aliphatic carbocycles. The van der Waals surface area contributed by atoms with Crippen LogP contribution < -0.4 is 10.6 Å². The molecule has 8 nitrogen and oxygen atoms in total. The summed E-state index contributed by atoms with van der Waals surface area (Å²) in [6.07, 6.45) is 5.29. The molecule has 0 bridgehead atoms. The molecular weight excluding hydrogens is 370 g/mol. The van der Waals surface area contributed by atoms with Crippen molar-refractivity contribution in [3.8, 4) is 0 Å². The summed E-state index contributed by atoms with van der Waals surface area (Å²) in [7, 11) is 0. The van der Waals surface area contributed by atoms with Gasteiger partial charge in [0.2, 0.25) is 11.8 Å². The highest BCUT2D eigenvalue weighted by Crippen LogP contribution is 2.27. The van der Waals surface area contributed by atoms with Crippen molar-refractivity contribution in [2.75, 3.05) is 13.1 Å². The second-order valence-electron chi connectivity index (χ2n) is 9.02. The van der Waals surface area contributed by atoms with E-state index in [2.05, 4.69) is 29.6 Å². The van der Waals surface area contributed by atoms with E-state index in [1.165, 1.54) is 0 Å². The maximum absolute atomic E-state index is 13.0. The van der Waals surface area contributed by atoms with Gasteiger partial charge in [-0.15, -0.1) is 0 Å². The molecule has 1 aromatic heterocycles. The van der Waals surface area contributed by atoms with Crippen LogP contribution in [0.25, 0.3) is 0 Å². The van der Waals surface area contributed by atoms with E-state index in [4.69, 9.17) is 0 Å². The maximum atomic E-state index is 13.0. The highest BCUT2D eigenvalue weighted by atomic mass is 16.2. The number of amides is 3. The molecule has 0 radical (unpaired) electrons. The minimum absolute atomic E-state index is 0.00670. The molecule has 3 heterocycles. The number of fused-ring (bicyclic) bond motifs is 1. The molecule has 29 heavy (non-hydrogen) atoms. The van der Waals surface area contributed by atoms with Gasteiger partial charge >= 0.3 is 0 Å². The monoisotopic (exact) mass is 401 g/mol. The average molecular weight is 402 g/mol. The van der Waals surface area contributed by atoms with E-state index in [1.807, 2.05) is 4.68 Å². The highest BCUT2D eigenvalue weighted by Gasteiger charge is 2.36. The Hall–Kier alpha value is -2.38. The van der Waals surface area contributed by atoms with Gasteiger partial charge in [-0.3, -0.25) is 19.1 Å². The van der Waals surface area contributed by atoms with E-state index in [9.17, 15) is 14.4 Å². The number of hydrogen-bond acceptors (Lipinski definition) is 4. The summed E-state index contributed by atoms with van der Waals surface area (Å²) in [5, 5.41) is 10.6. The molecule has 8 heteroatoms. The summed E-state index contributed by atoms with van der Waals surface area (Å²) in [5.74, 6) is -0.0802. The second kappa shape index (κ2) is 8.16. The van der Waals surface area contributed by atoms with Crippen LogP contribution in [0.2, 0.25) is 0 Å². The molecule has 4 rings (SSSR count). The minimum atomic E-state index is -0.300. The van der Waals surface area contributed by atoms with E-state index in [1.54, 1.807) is 4.90 Å². The van der Waals surface area contributed by atoms with Crippen LogP contribution in [0.1, 0.15) is 67.7 Å².